The minimum absolute atomic E-state index is 0.177. The van der Waals surface area contributed by atoms with Gasteiger partial charge in [-0.1, -0.05) is 18.2 Å². The lowest BCUT2D eigenvalue weighted by molar-refractivity contribution is -0.125. The molecule has 1 saturated carbocycles. The normalized spacial score (nSPS) is 24.6. The molecular weight excluding hydrogens is 340 g/mol. The molecule has 0 bridgehead atoms. The van der Waals surface area contributed by atoms with Gasteiger partial charge in [-0.05, 0) is 43.2 Å². The summed E-state index contributed by atoms with van der Waals surface area (Å²) in [6.45, 7) is 1.21. The number of fused-ring (bicyclic) bond motifs is 5. The van der Waals surface area contributed by atoms with Crippen molar-refractivity contribution in [2.75, 3.05) is 13.2 Å². The van der Waals surface area contributed by atoms with Crippen molar-refractivity contribution in [3.8, 4) is 17.2 Å². The van der Waals surface area contributed by atoms with Crippen LogP contribution >= 0.6 is 0 Å². The van der Waals surface area contributed by atoms with Crippen LogP contribution in [-0.4, -0.2) is 23.9 Å². The van der Waals surface area contributed by atoms with Gasteiger partial charge < -0.3 is 19.6 Å². The van der Waals surface area contributed by atoms with E-state index in [0.29, 0.717) is 13.2 Å². The van der Waals surface area contributed by atoms with Crippen LogP contribution in [0, 0.1) is 0 Å². The Bertz CT molecular complexity index is 933. The van der Waals surface area contributed by atoms with E-state index in [9.17, 15) is 0 Å². The van der Waals surface area contributed by atoms with Crippen molar-refractivity contribution < 1.29 is 14.2 Å². The van der Waals surface area contributed by atoms with Crippen LogP contribution in [0.5, 0.6) is 17.2 Å². The fraction of sp³-hybridized carbons (Fsp3) is 0.364. The van der Waals surface area contributed by atoms with Crippen molar-refractivity contribution in [1.82, 2.24) is 10.4 Å². The maximum Gasteiger partial charge on any atom is 0.180 e. The lowest BCUT2D eigenvalue weighted by atomic mass is 9.98. The molecule has 1 N–H and O–H groups in total. The van der Waals surface area contributed by atoms with Gasteiger partial charge in [0, 0.05) is 24.0 Å². The van der Waals surface area contributed by atoms with Gasteiger partial charge in [-0.2, -0.15) is 5.01 Å². The summed E-state index contributed by atoms with van der Waals surface area (Å²) in [6.07, 6.45) is 6.81. The van der Waals surface area contributed by atoms with Gasteiger partial charge in [0.25, 0.3) is 0 Å². The molecule has 0 unspecified atom stereocenters. The predicted molar refractivity (Wildman–Crippen MR) is 101 cm³/mol. The monoisotopic (exact) mass is 362 g/mol. The minimum atomic E-state index is -0.259. The summed E-state index contributed by atoms with van der Waals surface area (Å²) in [5.74, 6) is 2.66. The van der Waals surface area contributed by atoms with Crippen LogP contribution in [0.25, 0.3) is 5.70 Å². The number of rotatable bonds is 1. The zero-order valence-electron chi connectivity index (χ0n) is 15.1. The van der Waals surface area contributed by atoms with Gasteiger partial charge in [0.15, 0.2) is 17.2 Å². The summed E-state index contributed by atoms with van der Waals surface area (Å²) < 4.78 is 18.0. The van der Waals surface area contributed by atoms with Gasteiger partial charge in [0.1, 0.15) is 19.0 Å². The molecule has 3 heterocycles. The van der Waals surface area contributed by atoms with E-state index in [-0.39, 0.29) is 11.8 Å². The second-order valence-corrected chi connectivity index (χ2v) is 7.66. The van der Waals surface area contributed by atoms with Crippen LogP contribution in [0.1, 0.15) is 42.9 Å². The van der Waals surface area contributed by atoms with Crippen LogP contribution in [-0.2, 0) is 0 Å². The van der Waals surface area contributed by atoms with Crippen LogP contribution in [0.15, 0.2) is 48.5 Å². The molecule has 3 aliphatic heterocycles. The predicted octanol–water partition coefficient (Wildman–Crippen LogP) is 4.02. The van der Waals surface area contributed by atoms with Crippen LogP contribution < -0.4 is 19.6 Å². The highest BCUT2D eigenvalue weighted by molar-refractivity contribution is 5.70. The Morgan fingerprint density at radius 2 is 1.74 bits per heavy atom. The Balaban J connectivity index is 1.42. The van der Waals surface area contributed by atoms with Crippen molar-refractivity contribution in [3.05, 3.63) is 59.7 Å². The number of hydrogen-bond donors (Lipinski definition) is 1. The van der Waals surface area contributed by atoms with E-state index >= 15 is 0 Å². The van der Waals surface area contributed by atoms with Crippen molar-refractivity contribution in [2.45, 2.75) is 37.5 Å². The molecule has 1 fully saturated rings. The van der Waals surface area contributed by atoms with Gasteiger partial charge in [-0.3, -0.25) is 0 Å². The minimum Gasteiger partial charge on any atom is -0.486 e. The average Bonchev–Trinajstić information content (AvgIpc) is 3.36. The number of benzene rings is 2. The number of hydrogen-bond acceptors (Lipinski definition) is 5. The Morgan fingerprint density at radius 1 is 0.926 bits per heavy atom. The fourth-order valence-electron chi connectivity index (χ4n) is 4.77. The van der Waals surface area contributed by atoms with Gasteiger partial charge in [-0.15, -0.1) is 0 Å². The second kappa shape index (κ2) is 5.67. The average molecular weight is 362 g/mol. The first-order valence-corrected chi connectivity index (χ1v) is 9.78. The highest BCUT2D eigenvalue weighted by Gasteiger charge is 2.51. The first-order valence-electron chi connectivity index (χ1n) is 9.78. The lowest BCUT2D eigenvalue weighted by Crippen LogP contribution is -2.58. The molecule has 0 saturated heterocycles. The summed E-state index contributed by atoms with van der Waals surface area (Å²) in [6, 6.07) is 14.8. The second-order valence-electron chi connectivity index (χ2n) is 7.66. The molecule has 0 amide bonds. The van der Waals surface area contributed by atoms with Crippen molar-refractivity contribution in [2.24, 2.45) is 0 Å². The van der Waals surface area contributed by atoms with Crippen molar-refractivity contribution in [1.29, 1.82) is 0 Å². The van der Waals surface area contributed by atoms with Gasteiger partial charge in [0.05, 0.1) is 11.7 Å². The third kappa shape index (κ3) is 2.28. The van der Waals surface area contributed by atoms with E-state index < -0.39 is 0 Å². The highest BCUT2D eigenvalue weighted by Crippen LogP contribution is 2.50. The Labute approximate surface area is 158 Å². The largest absolute Gasteiger partial charge is 0.486 e. The number of ether oxygens (including phenoxy) is 3. The number of para-hydroxylation sites is 1. The van der Waals surface area contributed by atoms with Crippen molar-refractivity contribution in [3.63, 3.8) is 0 Å². The number of nitrogens with one attached hydrogen (secondary N) is 1. The van der Waals surface area contributed by atoms with E-state index in [0.717, 1.165) is 41.4 Å². The third-order valence-corrected chi connectivity index (χ3v) is 6.06. The third-order valence-electron chi connectivity index (χ3n) is 6.06. The fourth-order valence-corrected chi connectivity index (χ4v) is 4.77. The Morgan fingerprint density at radius 3 is 2.63 bits per heavy atom. The zero-order chi connectivity index (χ0) is 17.8. The van der Waals surface area contributed by atoms with E-state index in [4.69, 9.17) is 14.2 Å². The topological polar surface area (TPSA) is 43.0 Å². The smallest absolute Gasteiger partial charge is 0.180 e. The van der Waals surface area contributed by atoms with E-state index in [1.165, 1.54) is 18.4 Å². The molecule has 5 heteroatoms. The quantitative estimate of drug-likeness (QED) is 0.830. The Kier molecular flexibility index (Phi) is 3.23. The van der Waals surface area contributed by atoms with E-state index in [2.05, 4.69) is 52.9 Å². The molecule has 138 valence electrons. The summed E-state index contributed by atoms with van der Waals surface area (Å²) in [5.41, 5.74) is 6.83. The Hall–Kier alpha value is -2.66. The molecule has 27 heavy (non-hydrogen) atoms. The summed E-state index contributed by atoms with van der Waals surface area (Å²) in [7, 11) is 0. The molecule has 4 aliphatic rings. The lowest BCUT2D eigenvalue weighted by Gasteiger charge is -2.46. The van der Waals surface area contributed by atoms with E-state index in [1.807, 2.05) is 6.07 Å². The molecule has 6 rings (SSSR count). The van der Waals surface area contributed by atoms with Crippen LogP contribution in [0.4, 0.5) is 0 Å². The summed E-state index contributed by atoms with van der Waals surface area (Å²) in [4.78, 5) is 0. The molecular formula is C22H22N2O3. The molecule has 2 aromatic rings. The van der Waals surface area contributed by atoms with Crippen molar-refractivity contribution >= 4 is 5.70 Å². The summed E-state index contributed by atoms with van der Waals surface area (Å²) >= 11 is 0. The summed E-state index contributed by atoms with van der Waals surface area (Å²) in [5, 5.41) is 2.33. The van der Waals surface area contributed by atoms with Crippen LogP contribution in [0.3, 0.4) is 0 Å². The van der Waals surface area contributed by atoms with Crippen LogP contribution in [0.2, 0.25) is 0 Å². The van der Waals surface area contributed by atoms with Gasteiger partial charge >= 0.3 is 0 Å². The molecule has 1 atom stereocenters. The number of nitrogens with zero attached hydrogens (tertiary/aromatic N) is 1. The maximum absolute atomic E-state index is 6.55. The molecule has 5 nitrogen and oxygen atoms in total. The van der Waals surface area contributed by atoms with Gasteiger partial charge in [-0.25, -0.2) is 0 Å². The molecule has 0 radical (unpaired) electrons. The maximum atomic E-state index is 6.55. The molecule has 0 aromatic heterocycles. The standard InChI is InChI=1S/C22H22N2O3/c1-2-6-19-16(5-1)18-14-17(23-24(18)22(27-19)9-3-4-10-22)15-7-8-20-21(13-15)26-12-11-25-20/h1-2,5-8,13-14,18,23H,3-4,9-12H2/t18-/m1/s1. The highest BCUT2D eigenvalue weighted by atomic mass is 16.6. The molecule has 2 aromatic carbocycles. The first-order chi connectivity index (χ1) is 13.3. The van der Waals surface area contributed by atoms with Gasteiger partial charge in [0.2, 0.25) is 0 Å². The zero-order valence-corrected chi connectivity index (χ0v) is 15.1. The molecule has 1 spiro atoms. The first kappa shape index (κ1) is 15.4. The number of hydrazine groups is 1. The van der Waals surface area contributed by atoms with E-state index in [1.54, 1.807) is 0 Å². The SMILES string of the molecule is C1=C(c2ccc3c(c2)OCCO3)NN2[C@H]1c1ccccc1OC21CCCC1. The molecule has 1 aliphatic carbocycles.